The zero-order valence-electron chi connectivity index (χ0n) is 9.65. The largest absolute Gasteiger partial charge is 0.389 e. The fourth-order valence-corrected chi connectivity index (χ4v) is 1.92. The second kappa shape index (κ2) is 5.32. The van der Waals surface area contributed by atoms with E-state index in [-0.39, 0.29) is 0 Å². The lowest BCUT2D eigenvalue weighted by Gasteiger charge is -2.12. The van der Waals surface area contributed by atoms with E-state index in [2.05, 4.69) is 5.32 Å². The van der Waals surface area contributed by atoms with Crippen molar-refractivity contribution in [2.45, 2.75) is 32.0 Å². The Bertz CT molecular complexity index is 315. The monoisotopic (exact) mass is 221 g/mol. The molecule has 2 rings (SSSR count). The number of nitrogens with one attached hydrogen (secondary N) is 1. The maximum absolute atomic E-state index is 9.38. The molecule has 1 fully saturated rings. The zero-order valence-corrected chi connectivity index (χ0v) is 9.65. The van der Waals surface area contributed by atoms with Gasteiger partial charge in [-0.3, -0.25) is 0 Å². The van der Waals surface area contributed by atoms with Gasteiger partial charge in [-0.15, -0.1) is 0 Å². The molecule has 3 nitrogen and oxygen atoms in total. The first kappa shape index (κ1) is 11.4. The van der Waals surface area contributed by atoms with Gasteiger partial charge in [-0.25, -0.2) is 0 Å². The van der Waals surface area contributed by atoms with Gasteiger partial charge in [0.05, 0.1) is 12.2 Å². The minimum atomic E-state index is -0.396. The summed E-state index contributed by atoms with van der Waals surface area (Å²) in [6.07, 6.45) is 2.29. The lowest BCUT2D eigenvalue weighted by molar-refractivity contribution is 0.120. The number of hydrogen-bond donors (Lipinski definition) is 2. The van der Waals surface area contributed by atoms with E-state index in [0.29, 0.717) is 6.10 Å². The van der Waals surface area contributed by atoms with Gasteiger partial charge >= 0.3 is 0 Å². The highest BCUT2D eigenvalue weighted by molar-refractivity contribution is 5.45. The summed E-state index contributed by atoms with van der Waals surface area (Å²) in [5, 5.41) is 12.7. The Kier molecular flexibility index (Phi) is 3.80. The zero-order chi connectivity index (χ0) is 11.4. The number of aliphatic hydroxyl groups is 1. The molecule has 88 valence electrons. The molecule has 0 amide bonds. The molecule has 1 aliphatic rings. The van der Waals surface area contributed by atoms with Gasteiger partial charge < -0.3 is 15.2 Å². The Morgan fingerprint density at radius 2 is 2.19 bits per heavy atom. The van der Waals surface area contributed by atoms with Crippen LogP contribution in [0.5, 0.6) is 0 Å². The fourth-order valence-electron chi connectivity index (χ4n) is 1.92. The summed E-state index contributed by atoms with van der Waals surface area (Å²) in [5.74, 6) is 0. The maximum atomic E-state index is 9.38. The Balaban J connectivity index is 1.84. The summed E-state index contributed by atoms with van der Waals surface area (Å²) >= 11 is 0. The highest BCUT2D eigenvalue weighted by Gasteiger charge is 2.14. The second-order valence-electron chi connectivity index (χ2n) is 4.31. The van der Waals surface area contributed by atoms with Gasteiger partial charge in [0, 0.05) is 18.8 Å². The SMILES string of the molecule is CC(O)c1ccc(NCC2CCCO2)cc1. The molecule has 3 heteroatoms. The van der Waals surface area contributed by atoms with Crippen molar-refractivity contribution >= 4 is 5.69 Å². The molecule has 1 aliphatic heterocycles. The average molecular weight is 221 g/mol. The van der Waals surface area contributed by atoms with Crippen molar-refractivity contribution in [1.29, 1.82) is 0 Å². The number of anilines is 1. The highest BCUT2D eigenvalue weighted by atomic mass is 16.5. The number of aliphatic hydroxyl groups excluding tert-OH is 1. The van der Waals surface area contributed by atoms with Gasteiger partial charge in [0.15, 0.2) is 0 Å². The summed E-state index contributed by atoms with van der Waals surface area (Å²) in [7, 11) is 0. The standard InChI is InChI=1S/C13H19NO2/c1-10(15)11-4-6-12(7-5-11)14-9-13-3-2-8-16-13/h4-7,10,13-15H,2-3,8-9H2,1H3. The normalized spacial score (nSPS) is 22.0. The number of ether oxygens (including phenoxy) is 1. The van der Waals surface area contributed by atoms with E-state index in [9.17, 15) is 5.11 Å². The molecular weight excluding hydrogens is 202 g/mol. The third-order valence-corrected chi connectivity index (χ3v) is 2.95. The minimum absolute atomic E-state index is 0.358. The first-order valence-electron chi connectivity index (χ1n) is 5.89. The number of rotatable bonds is 4. The Hall–Kier alpha value is -1.06. The quantitative estimate of drug-likeness (QED) is 0.820. The minimum Gasteiger partial charge on any atom is -0.389 e. The van der Waals surface area contributed by atoms with Gasteiger partial charge in [0.1, 0.15) is 0 Å². The average Bonchev–Trinajstić information content (AvgIpc) is 2.80. The molecule has 2 unspecified atom stereocenters. The molecular formula is C13H19NO2. The molecule has 2 N–H and O–H groups in total. The summed E-state index contributed by atoms with van der Waals surface area (Å²) in [5.41, 5.74) is 2.03. The van der Waals surface area contributed by atoms with E-state index in [0.717, 1.165) is 30.8 Å². The van der Waals surface area contributed by atoms with Gasteiger partial charge in [0.25, 0.3) is 0 Å². The molecule has 0 aromatic heterocycles. The summed E-state index contributed by atoms with van der Waals surface area (Å²) in [6, 6.07) is 7.89. The predicted octanol–water partition coefficient (Wildman–Crippen LogP) is 2.33. The second-order valence-corrected chi connectivity index (χ2v) is 4.31. The first-order valence-corrected chi connectivity index (χ1v) is 5.89. The third-order valence-electron chi connectivity index (χ3n) is 2.95. The molecule has 1 aromatic carbocycles. The van der Waals surface area contributed by atoms with Crippen molar-refractivity contribution in [3.05, 3.63) is 29.8 Å². The molecule has 16 heavy (non-hydrogen) atoms. The van der Waals surface area contributed by atoms with Gasteiger partial charge in [-0.05, 0) is 37.5 Å². The molecule has 0 saturated carbocycles. The molecule has 2 atom stereocenters. The van der Waals surface area contributed by atoms with Crippen molar-refractivity contribution in [3.63, 3.8) is 0 Å². The lowest BCUT2D eigenvalue weighted by atomic mass is 10.1. The fraction of sp³-hybridized carbons (Fsp3) is 0.538. The van der Waals surface area contributed by atoms with Crippen LogP contribution in [0.2, 0.25) is 0 Å². The van der Waals surface area contributed by atoms with Crippen LogP contribution in [0, 0.1) is 0 Å². The van der Waals surface area contributed by atoms with Crippen LogP contribution in [0.3, 0.4) is 0 Å². The van der Waals surface area contributed by atoms with Crippen LogP contribution in [0.1, 0.15) is 31.4 Å². The van der Waals surface area contributed by atoms with E-state index in [1.165, 1.54) is 6.42 Å². The summed E-state index contributed by atoms with van der Waals surface area (Å²) in [6.45, 7) is 3.54. The van der Waals surface area contributed by atoms with E-state index in [1.54, 1.807) is 6.92 Å². The van der Waals surface area contributed by atoms with Crippen LogP contribution in [0.25, 0.3) is 0 Å². The summed E-state index contributed by atoms with van der Waals surface area (Å²) < 4.78 is 5.53. The smallest absolute Gasteiger partial charge is 0.0761 e. The molecule has 1 heterocycles. The van der Waals surface area contributed by atoms with Crippen molar-refractivity contribution in [2.75, 3.05) is 18.5 Å². The maximum Gasteiger partial charge on any atom is 0.0761 e. The predicted molar refractivity (Wildman–Crippen MR) is 64.5 cm³/mol. The first-order chi connectivity index (χ1) is 7.75. The van der Waals surface area contributed by atoms with Gasteiger partial charge in [-0.2, -0.15) is 0 Å². The van der Waals surface area contributed by atoms with E-state index in [4.69, 9.17) is 4.74 Å². The Morgan fingerprint density at radius 1 is 1.44 bits per heavy atom. The van der Waals surface area contributed by atoms with Crippen LogP contribution >= 0.6 is 0 Å². The number of benzene rings is 1. The van der Waals surface area contributed by atoms with Crippen molar-refractivity contribution in [1.82, 2.24) is 0 Å². The topological polar surface area (TPSA) is 41.5 Å². The van der Waals surface area contributed by atoms with Crippen LogP contribution in [-0.4, -0.2) is 24.4 Å². The van der Waals surface area contributed by atoms with E-state index >= 15 is 0 Å². The molecule has 0 radical (unpaired) electrons. The van der Waals surface area contributed by atoms with Crippen LogP contribution < -0.4 is 5.32 Å². The highest BCUT2D eigenvalue weighted by Crippen LogP contribution is 2.17. The Morgan fingerprint density at radius 3 is 2.75 bits per heavy atom. The van der Waals surface area contributed by atoms with Crippen LogP contribution in [0.15, 0.2) is 24.3 Å². The van der Waals surface area contributed by atoms with E-state index in [1.807, 2.05) is 24.3 Å². The van der Waals surface area contributed by atoms with Gasteiger partial charge in [-0.1, -0.05) is 12.1 Å². The molecule has 0 bridgehead atoms. The number of hydrogen-bond acceptors (Lipinski definition) is 3. The van der Waals surface area contributed by atoms with Crippen LogP contribution in [0.4, 0.5) is 5.69 Å². The Labute approximate surface area is 96.4 Å². The van der Waals surface area contributed by atoms with Crippen molar-refractivity contribution < 1.29 is 9.84 Å². The van der Waals surface area contributed by atoms with Crippen molar-refractivity contribution in [2.24, 2.45) is 0 Å². The molecule has 1 saturated heterocycles. The molecule has 1 aromatic rings. The molecule has 0 spiro atoms. The van der Waals surface area contributed by atoms with Gasteiger partial charge in [0.2, 0.25) is 0 Å². The third kappa shape index (κ3) is 2.97. The molecule has 0 aliphatic carbocycles. The lowest BCUT2D eigenvalue weighted by Crippen LogP contribution is -2.18. The van der Waals surface area contributed by atoms with E-state index < -0.39 is 6.10 Å². The summed E-state index contributed by atoms with van der Waals surface area (Å²) in [4.78, 5) is 0. The van der Waals surface area contributed by atoms with Crippen molar-refractivity contribution in [3.8, 4) is 0 Å². The van der Waals surface area contributed by atoms with Crippen LogP contribution in [-0.2, 0) is 4.74 Å².